The number of ether oxygens (including phenoxy) is 1. The Balaban J connectivity index is 1.48. The number of alkyl halides is 6. The predicted octanol–water partition coefficient (Wildman–Crippen LogP) is 5.10. The molecular formula is C23H17F6N7O. The van der Waals surface area contributed by atoms with E-state index in [0.717, 1.165) is 18.2 Å². The number of fused-ring (bicyclic) bond motifs is 1. The molecule has 8 nitrogen and oxygen atoms in total. The molecule has 192 valence electrons. The lowest BCUT2D eigenvalue weighted by atomic mass is 10.1. The standard InChI is InChI=1S/C23H17F6N7O/c24-22(25,26)13-1-4-18(31-12-13)32-16-5-6-30-21-14(16)2-3-17(33-21)20-15(23(27,28)29)11-19(34-35-20)36-7-9-37-10-8-36/h1-6,11-12H,7-10H2,(H,30,31,32,33). The van der Waals surface area contributed by atoms with E-state index in [9.17, 15) is 26.3 Å². The smallest absolute Gasteiger partial charge is 0.378 e. The third kappa shape index (κ3) is 5.23. The number of aromatic nitrogens is 5. The van der Waals surface area contributed by atoms with Gasteiger partial charge in [-0.05, 0) is 36.4 Å². The van der Waals surface area contributed by atoms with Gasteiger partial charge in [0.2, 0.25) is 0 Å². The Labute approximate surface area is 205 Å². The fourth-order valence-electron chi connectivity index (χ4n) is 3.78. The molecule has 4 aromatic rings. The van der Waals surface area contributed by atoms with Gasteiger partial charge >= 0.3 is 12.4 Å². The molecule has 0 aromatic carbocycles. The lowest BCUT2D eigenvalue weighted by Crippen LogP contribution is -2.37. The minimum Gasteiger partial charge on any atom is -0.378 e. The molecule has 1 aliphatic heterocycles. The molecule has 0 saturated carbocycles. The minimum atomic E-state index is -4.71. The van der Waals surface area contributed by atoms with Gasteiger partial charge in [0.25, 0.3) is 0 Å². The predicted molar refractivity (Wildman–Crippen MR) is 121 cm³/mol. The van der Waals surface area contributed by atoms with Crippen LogP contribution in [0.3, 0.4) is 0 Å². The van der Waals surface area contributed by atoms with E-state index >= 15 is 0 Å². The first kappa shape index (κ1) is 24.6. The SMILES string of the molecule is FC(F)(F)c1ccc(Nc2ccnc3nc(-c4nnc(N5CCOCC5)cc4C(F)(F)F)ccc23)nc1. The van der Waals surface area contributed by atoms with Crippen molar-refractivity contribution in [3.8, 4) is 11.4 Å². The second-order valence-corrected chi connectivity index (χ2v) is 8.04. The van der Waals surface area contributed by atoms with Crippen LogP contribution in [0.15, 0.2) is 48.8 Å². The van der Waals surface area contributed by atoms with Crippen molar-refractivity contribution in [3.63, 3.8) is 0 Å². The van der Waals surface area contributed by atoms with Crippen LogP contribution in [0.25, 0.3) is 22.4 Å². The van der Waals surface area contributed by atoms with Crippen molar-refractivity contribution in [2.75, 3.05) is 36.5 Å². The molecule has 0 atom stereocenters. The number of pyridine rings is 3. The number of hydrogen-bond acceptors (Lipinski definition) is 8. The maximum atomic E-state index is 14.0. The van der Waals surface area contributed by atoms with Crippen LogP contribution in [0.5, 0.6) is 0 Å². The number of rotatable bonds is 4. The number of morpholine rings is 1. The van der Waals surface area contributed by atoms with Crippen molar-refractivity contribution in [1.29, 1.82) is 0 Å². The van der Waals surface area contributed by atoms with Gasteiger partial charge < -0.3 is 15.0 Å². The fraction of sp³-hybridized carbons (Fsp3) is 0.261. The highest BCUT2D eigenvalue weighted by atomic mass is 19.4. The van der Waals surface area contributed by atoms with Gasteiger partial charge in [-0.25, -0.2) is 15.0 Å². The molecule has 0 spiro atoms. The molecule has 0 unspecified atom stereocenters. The second-order valence-electron chi connectivity index (χ2n) is 8.04. The lowest BCUT2D eigenvalue weighted by Gasteiger charge is -2.28. The highest BCUT2D eigenvalue weighted by Crippen LogP contribution is 2.37. The first-order chi connectivity index (χ1) is 17.6. The highest BCUT2D eigenvalue weighted by Gasteiger charge is 2.37. The van der Waals surface area contributed by atoms with Gasteiger partial charge in [0.15, 0.2) is 11.5 Å². The van der Waals surface area contributed by atoms with Crippen molar-refractivity contribution in [2.45, 2.75) is 12.4 Å². The number of nitrogens with one attached hydrogen (secondary N) is 1. The highest BCUT2D eigenvalue weighted by molar-refractivity contribution is 5.91. The molecule has 5 rings (SSSR count). The zero-order chi connectivity index (χ0) is 26.2. The third-order valence-electron chi connectivity index (χ3n) is 5.62. The van der Waals surface area contributed by atoms with Gasteiger partial charge in [-0.1, -0.05) is 0 Å². The average Bonchev–Trinajstić information content (AvgIpc) is 2.88. The monoisotopic (exact) mass is 521 g/mol. The first-order valence-corrected chi connectivity index (χ1v) is 10.9. The molecule has 0 aliphatic carbocycles. The molecule has 4 aromatic heterocycles. The average molecular weight is 521 g/mol. The summed E-state index contributed by atoms with van der Waals surface area (Å²) in [7, 11) is 0. The van der Waals surface area contributed by atoms with Gasteiger partial charge in [0.05, 0.1) is 35.7 Å². The van der Waals surface area contributed by atoms with Crippen molar-refractivity contribution < 1.29 is 31.1 Å². The van der Waals surface area contributed by atoms with Gasteiger partial charge in [0.1, 0.15) is 11.5 Å². The minimum absolute atomic E-state index is 0.0850. The summed E-state index contributed by atoms with van der Waals surface area (Å²) in [6, 6.07) is 7.38. The van der Waals surface area contributed by atoms with Crippen LogP contribution >= 0.6 is 0 Å². The van der Waals surface area contributed by atoms with Gasteiger partial charge in [-0.15, -0.1) is 10.2 Å². The Morgan fingerprint density at radius 3 is 2.32 bits per heavy atom. The van der Waals surface area contributed by atoms with Crippen LogP contribution in [0.2, 0.25) is 0 Å². The van der Waals surface area contributed by atoms with Crippen molar-refractivity contribution in [1.82, 2.24) is 25.1 Å². The normalized spacial score (nSPS) is 14.7. The van der Waals surface area contributed by atoms with Crippen LogP contribution in [0, 0.1) is 0 Å². The number of nitrogens with zero attached hydrogens (tertiary/aromatic N) is 6. The summed E-state index contributed by atoms with van der Waals surface area (Å²) in [5.74, 6) is 0.224. The zero-order valence-electron chi connectivity index (χ0n) is 18.8. The van der Waals surface area contributed by atoms with Gasteiger partial charge in [-0.3, -0.25) is 0 Å². The molecule has 0 bridgehead atoms. The molecule has 0 amide bonds. The summed E-state index contributed by atoms with van der Waals surface area (Å²) in [5.41, 5.74) is -1.92. The zero-order valence-corrected chi connectivity index (χ0v) is 18.8. The summed E-state index contributed by atoms with van der Waals surface area (Å²) < 4.78 is 85.5. The topological polar surface area (TPSA) is 89.0 Å². The molecule has 1 aliphatic rings. The number of anilines is 3. The summed E-state index contributed by atoms with van der Waals surface area (Å²) in [4.78, 5) is 13.8. The summed E-state index contributed by atoms with van der Waals surface area (Å²) >= 11 is 0. The Morgan fingerprint density at radius 2 is 1.65 bits per heavy atom. The van der Waals surface area contributed by atoms with E-state index in [2.05, 4.69) is 30.5 Å². The summed E-state index contributed by atoms with van der Waals surface area (Å²) in [5, 5.41) is 11.1. The Hall–Kier alpha value is -4.07. The quantitative estimate of drug-likeness (QED) is 0.371. The molecule has 14 heteroatoms. The van der Waals surface area contributed by atoms with E-state index in [1.54, 1.807) is 11.0 Å². The van der Waals surface area contributed by atoms with E-state index in [1.807, 2.05) is 0 Å². The van der Waals surface area contributed by atoms with E-state index < -0.39 is 29.2 Å². The number of halogens is 6. The van der Waals surface area contributed by atoms with E-state index in [1.165, 1.54) is 18.3 Å². The molecular weight excluding hydrogens is 504 g/mol. The van der Waals surface area contributed by atoms with E-state index in [-0.39, 0.29) is 23.0 Å². The van der Waals surface area contributed by atoms with Gasteiger partial charge in [-0.2, -0.15) is 26.3 Å². The maximum absolute atomic E-state index is 14.0. The van der Waals surface area contributed by atoms with Crippen LogP contribution in [-0.4, -0.2) is 51.5 Å². The van der Waals surface area contributed by atoms with Crippen LogP contribution in [-0.2, 0) is 17.1 Å². The van der Waals surface area contributed by atoms with E-state index in [4.69, 9.17) is 4.74 Å². The molecule has 1 saturated heterocycles. The summed E-state index contributed by atoms with van der Waals surface area (Å²) in [6.45, 7) is 1.54. The summed E-state index contributed by atoms with van der Waals surface area (Å²) in [6.07, 6.45) is -7.18. The molecule has 0 radical (unpaired) electrons. The molecule has 5 heterocycles. The second kappa shape index (κ2) is 9.42. The van der Waals surface area contributed by atoms with Crippen molar-refractivity contribution in [3.05, 3.63) is 59.9 Å². The Bertz CT molecular complexity index is 1420. The first-order valence-electron chi connectivity index (χ1n) is 10.9. The third-order valence-corrected chi connectivity index (χ3v) is 5.62. The Kier molecular flexibility index (Phi) is 6.27. The lowest BCUT2D eigenvalue weighted by molar-refractivity contribution is -0.138. The molecule has 1 fully saturated rings. The van der Waals surface area contributed by atoms with Crippen molar-refractivity contribution >= 4 is 28.4 Å². The van der Waals surface area contributed by atoms with Crippen molar-refractivity contribution in [2.24, 2.45) is 0 Å². The van der Waals surface area contributed by atoms with Crippen LogP contribution < -0.4 is 10.2 Å². The maximum Gasteiger partial charge on any atom is 0.418 e. The fourth-order valence-corrected chi connectivity index (χ4v) is 3.78. The largest absolute Gasteiger partial charge is 0.418 e. The van der Waals surface area contributed by atoms with Crippen LogP contribution in [0.1, 0.15) is 11.1 Å². The molecule has 37 heavy (non-hydrogen) atoms. The van der Waals surface area contributed by atoms with Crippen LogP contribution in [0.4, 0.5) is 43.7 Å². The van der Waals surface area contributed by atoms with E-state index in [0.29, 0.717) is 43.6 Å². The molecule has 1 N–H and O–H groups in total. The Morgan fingerprint density at radius 1 is 0.865 bits per heavy atom. The number of hydrogen-bond donors (Lipinski definition) is 1. The van der Waals surface area contributed by atoms with Gasteiger partial charge in [0, 0.05) is 30.9 Å².